The zero-order chi connectivity index (χ0) is 23.3. The molecule has 0 aliphatic carbocycles. The zero-order valence-electron chi connectivity index (χ0n) is 17.8. The van der Waals surface area contributed by atoms with E-state index >= 15 is 0 Å². The molecule has 1 N–H and O–H groups in total. The van der Waals surface area contributed by atoms with Crippen LogP contribution in [-0.4, -0.2) is 26.4 Å². The van der Waals surface area contributed by atoms with Gasteiger partial charge < -0.3 is 14.6 Å². The number of carbonyl (C=O) groups is 1. The molecule has 10 heteroatoms. The molecule has 0 aliphatic rings. The first kappa shape index (κ1) is 23.6. The van der Waals surface area contributed by atoms with Crippen molar-refractivity contribution in [2.75, 3.05) is 11.1 Å². The highest BCUT2D eigenvalue weighted by Gasteiger charge is 2.30. The maximum absolute atomic E-state index is 12.8. The first-order valence-corrected chi connectivity index (χ1v) is 10.9. The number of nitrogens with zero attached hydrogens (tertiary/aromatic N) is 3. The average molecular weight is 465 g/mol. The van der Waals surface area contributed by atoms with Gasteiger partial charge in [-0.15, -0.1) is 10.2 Å². The highest BCUT2D eigenvalue weighted by Crippen LogP contribution is 2.31. The lowest BCUT2D eigenvalue weighted by Crippen LogP contribution is -2.16. The van der Waals surface area contributed by atoms with Crippen LogP contribution in [0.5, 0.6) is 5.75 Å². The van der Waals surface area contributed by atoms with Crippen molar-refractivity contribution in [2.45, 2.75) is 44.8 Å². The van der Waals surface area contributed by atoms with Gasteiger partial charge in [0.2, 0.25) is 5.91 Å². The maximum atomic E-state index is 12.8. The van der Waals surface area contributed by atoms with Crippen molar-refractivity contribution in [3.05, 3.63) is 65.5 Å². The van der Waals surface area contributed by atoms with E-state index in [4.69, 9.17) is 4.74 Å². The number of ether oxygens (including phenoxy) is 1. The van der Waals surface area contributed by atoms with Crippen molar-refractivity contribution in [1.29, 1.82) is 0 Å². The summed E-state index contributed by atoms with van der Waals surface area (Å²) in [5.74, 6) is 0.865. The van der Waals surface area contributed by atoms with E-state index in [9.17, 15) is 18.0 Å². The number of anilines is 1. The largest absolute Gasteiger partial charge is 0.483 e. The number of nitrogens with one attached hydrogen (secondary N) is 1. The topological polar surface area (TPSA) is 69.0 Å². The second-order valence-electron chi connectivity index (χ2n) is 7.07. The Hall–Kier alpha value is -3.01. The lowest BCUT2D eigenvalue weighted by atomic mass is 10.2. The number of aryl methyl sites for hydroxylation is 1. The number of thioether (sulfide) groups is 1. The summed E-state index contributed by atoms with van der Waals surface area (Å²) < 4.78 is 46.3. The molecule has 1 unspecified atom stereocenters. The molecule has 0 bridgehead atoms. The Balaban J connectivity index is 1.62. The Labute approximate surface area is 188 Å². The highest BCUT2D eigenvalue weighted by atomic mass is 32.2. The summed E-state index contributed by atoms with van der Waals surface area (Å²) >= 11 is 1.15. The summed E-state index contributed by atoms with van der Waals surface area (Å²) in [6, 6.07) is 12.2. The first-order chi connectivity index (χ1) is 15.2. The van der Waals surface area contributed by atoms with Crippen LogP contribution in [0.2, 0.25) is 0 Å². The van der Waals surface area contributed by atoms with Crippen LogP contribution >= 0.6 is 11.8 Å². The Morgan fingerprint density at radius 2 is 1.91 bits per heavy atom. The summed E-state index contributed by atoms with van der Waals surface area (Å²) in [4.78, 5) is 12.3. The average Bonchev–Trinajstić information content (AvgIpc) is 3.16. The number of halogens is 3. The number of hydrogen-bond donors (Lipinski definition) is 1. The molecule has 2 aromatic carbocycles. The van der Waals surface area contributed by atoms with E-state index in [-0.39, 0.29) is 17.5 Å². The predicted molar refractivity (Wildman–Crippen MR) is 117 cm³/mol. The van der Waals surface area contributed by atoms with E-state index in [1.165, 1.54) is 12.1 Å². The molecular weight excluding hydrogens is 441 g/mol. The van der Waals surface area contributed by atoms with Crippen LogP contribution in [0.1, 0.15) is 36.9 Å². The van der Waals surface area contributed by atoms with Crippen LogP contribution in [0.4, 0.5) is 18.9 Å². The Kier molecular flexibility index (Phi) is 7.44. The molecule has 1 heterocycles. The normalized spacial score (nSPS) is 12.4. The van der Waals surface area contributed by atoms with Gasteiger partial charge in [-0.2, -0.15) is 13.2 Å². The van der Waals surface area contributed by atoms with Crippen molar-refractivity contribution in [3.8, 4) is 5.75 Å². The molecule has 1 aromatic heterocycles. The smallest absolute Gasteiger partial charge is 0.416 e. The van der Waals surface area contributed by atoms with Crippen LogP contribution in [0, 0.1) is 6.92 Å². The molecule has 0 saturated heterocycles. The summed E-state index contributed by atoms with van der Waals surface area (Å²) in [6.07, 6.45) is -4.83. The minimum absolute atomic E-state index is 0.0262. The zero-order valence-corrected chi connectivity index (χ0v) is 18.6. The lowest BCUT2D eigenvalue weighted by molar-refractivity contribution is -0.137. The second kappa shape index (κ2) is 10.1. The summed E-state index contributed by atoms with van der Waals surface area (Å²) in [5, 5.41) is 11.4. The van der Waals surface area contributed by atoms with Gasteiger partial charge in [0.1, 0.15) is 5.75 Å². The van der Waals surface area contributed by atoms with Crippen molar-refractivity contribution in [3.63, 3.8) is 0 Å². The van der Waals surface area contributed by atoms with Gasteiger partial charge in [0.05, 0.1) is 11.3 Å². The molecule has 0 aliphatic heterocycles. The molecule has 3 rings (SSSR count). The SMILES string of the molecule is CCn1c(SCC(=O)Nc2cccc(C(F)(F)F)c2)nnc1C(C)Oc1ccc(C)cc1. The highest BCUT2D eigenvalue weighted by molar-refractivity contribution is 7.99. The predicted octanol–water partition coefficient (Wildman–Crippen LogP) is 5.50. The van der Waals surface area contributed by atoms with Crippen molar-refractivity contribution in [2.24, 2.45) is 0 Å². The van der Waals surface area contributed by atoms with Crippen LogP contribution in [0.3, 0.4) is 0 Å². The molecule has 32 heavy (non-hydrogen) atoms. The standard InChI is InChI=1S/C22H23F3N4O2S/c1-4-29-20(15(3)31-18-10-8-14(2)9-11-18)27-28-21(29)32-13-19(30)26-17-7-5-6-16(12-17)22(23,24)25/h5-12,15H,4,13H2,1-3H3,(H,26,30). The molecular formula is C22H23F3N4O2S. The molecule has 0 spiro atoms. The third kappa shape index (κ3) is 6.03. The number of amides is 1. The third-order valence-corrected chi connectivity index (χ3v) is 5.53. The van der Waals surface area contributed by atoms with Crippen molar-refractivity contribution < 1.29 is 22.7 Å². The van der Waals surface area contributed by atoms with E-state index in [2.05, 4.69) is 15.5 Å². The van der Waals surface area contributed by atoms with Crippen molar-refractivity contribution in [1.82, 2.24) is 14.8 Å². The second-order valence-corrected chi connectivity index (χ2v) is 8.02. The van der Waals surface area contributed by atoms with E-state index in [1.807, 2.05) is 49.6 Å². The quantitative estimate of drug-likeness (QED) is 0.446. The molecule has 3 aromatic rings. The monoisotopic (exact) mass is 464 g/mol. The first-order valence-electron chi connectivity index (χ1n) is 9.93. The van der Waals surface area contributed by atoms with Gasteiger partial charge in [0.25, 0.3) is 0 Å². The van der Waals surface area contributed by atoms with Gasteiger partial charge in [0, 0.05) is 12.2 Å². The number of carbonyl (C=O) groups excluding carboxylic acids is 1. The van der Waals surface area contributed by atoms with Crippen LogP contribution in [0.25, 0.3) is 0 Å². The Morgan fingerprint density at radius 1 is 1.19 bits per heavy atom. The maximum Gasteiger partial charge on any atom is 0.416 e. The number of rotatable bonds is 8. The molecule has 0 radical (unpaired) electrons. The third-order valence-electron chi connectivity index (χ3n) is 4.57. The minimum Gasteiger partial charge on any atom is -0.483 e. The number of alkyl halides is 3. The van der Waals surface area contributed by atoms with Gasteiger partial charge in [-0.25, -0.2) is 0 Å². The Bertz CT molecular complexity index is 1070. The van der Waals surface area contributed by atoms with Gasteiger partial charge in [-0.3, -0.25) is 4.79 Å². The van der Waals surface area contributed by atoms with E-state index in [1.54, 1.807) is 0 Å². The van der Waals surface area contributed by atoms with Crippen molar-refractivity contribution >= 4 is 23.4 Å². The van der Waals surface area contributed by atoms with E-state index in [0.717, 1.165) is 29.5 Å². The van der Waals surface area contributed by atoms with Crippen LogP contribution in [-0.2, 0) is 17.5 Å². The van der Waals surface area contributed by atoms with Crippen LogP contribution in [0.15, 0.2) is 53.7 Å². The van der Waals surface area contributed by atoms with E-state index in [0.29, 0.717) is 23.3 Å². The van der Waals surface area contributed by atoms with Gasteiger partial charge in [0.15, 0.2) is 17.1 Å². The lowest BCUT2D eigenvalue weighted by Gasteiger charge is -2.15. The number of aromatic nitrogens is 3. The molecule has 0 saturated carbocycles. The van der Waals surface area contributed by atoms with Crippen LogP contribution < -0.4 is 10.1 Å². The fraction of sp³-hybridized carbons (Fsp3) is 0.318. The molecule has 1 amide bonds. The summed E-state index contributed by atoms with van der Waals surface area (Å²) in [7, 11) is 0. The van der Waals surface area contributed by atoms with E-state index < -0.39 is 17.6 Å². The van der Waals surface area contributed by atoms with Gasteiger partial charge >= 0.3 is 6.18 Å². The minimum atomic E-state index is -4.47. The number of hydrogen-bond acceptors (Lipinski definition) is 5. The number of benzene rings is 2. The fourth-order valence-corrected chi connectivity index (χ4v) is 3.79. The fourth-order valence-electron chi connectivity index (χ4n) is 2.98. The molecule has 0 fully saturated rings. The van der Waals surface area contributed by atoms with Gasteiger partial charge in [-0.05, 0) is 51.1 Å². The van der Waals surface area contributed by atoms with Gasteiger partial charge in [-0.1, -0.05) is 35.5 Å². The Morgan fingerprint density at radius 3 is 2.56 bits per heavy atom. The molecule has 170 valence electrons. The summed E-state index contributed by atoms with van der Waals surface area (Å²) in [5.41, 5.74) is 0.396. The molecule has 1 atom stereocenters. The summed E-state index contributed by atoms with van der Waals surface area (Å²) in [6.45, 7) is 6.36. The molecule has 6 nitrogen and oxygen atoms in total.